The number of esters is 1. The Labute approximate surface area is 146 Å². The molecule has 7 heteroatoms. The standard InChI is InChI=1S/C17H16ClNO4S/c1-13(18)12-23-17(20)15-8-5-9-16(10-15)24(21,22)19-11-14-6-3-2-4-7-14/h2-10,19H,1,11-12H2. The smallest absolute Gasteiger partial charge is 0.338 e. The number of carbonyl (C=O) groups is 1. The summed E-state index contributed by atoms with van der Waals surface area (Å²) < 4.78 is 32.1. The van der Waals surface area contributed by atoms with Gasteiger partial charge in [0.05, 0.1) is 10.5 Å². The van der Waals surface area contributed by atoms with Crippen LogP contribution >= 0.6 is 11.6 Å². The minimum Gasteiger partial charge on any atom is -0.456 e. The number of rotatable bonds is 7. The average Bonchev–Trinajstić information content (AvgIpc) is 2.59. The molecule has 0 fully saturated rings. The monoisotopic (exact) mass is 365 g/mol. The van der Waals surface area contributed by atoms with Gasteiger partial charge in [0.25, 0.3) is 0 Å². The van der Waals surface area contributed by atoms with E-state index in [9.17, 15) is 13.2 Å². The van der Waals surface area contributed by atoms with Gasteiger partial charge in [0.15, 0.2) is 0 Å². The van der Waals surface area contributed by atoms with E-state index in [1.807, 2.05) is 30.3 Å². The van der Waals surface area contributed by atoms with Gasteiger partial charge in [0.2, 0.25) is 10.0 Å². The molecule has 0 amide bonds. The Morgan fingerprint density at radius 1 is 1.12 bits per heavy atom. The summed E-state index contributed by atoms with van der Waals surface area (Å²) >= 11 is 5.54. The summed E-state index contributed by atoms with van der Waals surface area (Å²) in [5.41, 5.74) is 0.952. The molecule has 24 heavy (non-hydrogen) atoms. The molecule has 2 rings (SSSR count). The Balaban J connectivity index is 2.11. The number of hydrogen-bond donors (Lipinski definition) is 1. The Hall–Kier alpha value is -2.15. The lowest BCUT2D eigenvalue weighted by Crippen LogP contribution is -2.23. The molecule has 0 aliphatic rings. The van der Waals surface area contributed by atoms with E-state index < -0.39 is 16.0 Å². The molecule has 126 valence electrons. The van der Waals surface area contributed by atoms with Gasteiger partial charge >= 0.3 is 5.97 Å². The zero-order valence-electron chi connectivity index (χ0n) is 12.7. The third-order valence-corrected chi connectivity index (χ3v) is 4.56. The number of nitrogens with one attached hydrogen (secondary N) is 1. The number of ether oxygens (including phenoxy) is 1. The molecular formula is C17H16ClNO4S. The van der Waals surface area contributed by atoms with Gasteiger partial charge in [-0.2, -0.15) is 0 Å². The van der Waals surface area contributed by atoms with Crippen LogP contribution in [0.1, 0.15) is 15.9 Å². The number of hydrogen-bond acceptors (Lipinski definition) is 4. The van der Waals surface area contributed by atoms with Crippen molar-refractivity contribution in [3.63, 3.8) is 0 Å². The van der Waals surface area contributed by atoms with E-state index in [1.54, 1.807) is 0 Å². The molecule has 0 saturated carbocycles. The van der Waals surface area contributed by atoms with Crippen LogP contribution in [0.15, 0.2) is 71.1 Å². The van der Waals surface area contributed by atoms with Crippen LogP contribution in [-0.2, 0) is 21.3 Å². The predicted octanol–water partition coefficient (Wildman–Crippen LogP) is 3.07. The van der Waals surface area contributed by atoms with Crippen LogP contribution in [0.25, 0.3) is 0 Å². The molecule has 0 saturated heterocycles. The van der Waals surface area contributed by atoms with Crippen molar-refractivity contribution >= 4 is 27.6 Å². The first-order valence-corrected chi connectivity index (χ1v) is 8.88. The normalized spacial score (nSPS) is 11.0. The molecular weight excluding hydrogens is 350 g/mol. The van der Waals surface area contributed by atoms with Crippen molar-refractivity contribution in [2.75, 3.05) is 6.61 Å². The largest absolute Gasteiger partial charge is 0.456 e. The van der Waals surface area contributed by atoms with E-state index in [2.05, 4.69) is 11.3 Å². The minimum absolute atomic E-state index is 0.0161. The van der Waals surface area contributed by atoms with Crippen molar-refractivity contribution < 1.29 is 17.9 Å². The molecule has 0 unspecified atom stereocenters. The van der Waals surface area contributed by atoms with Gasteiger partial charge < -0.3 is 4.74 Å². The highest BCUT2D eigenvalue weighted by molar-refractivity contribution is 7.89. The highest BCUT2D eigenvalue weighted by atomic mass is 35.5. The van der Waals surface area contributed by atoms with Crippen LogP contribution in [0.4, 0.5) is 0 Å². The van der Waals surface area contributed by atoms with E-state index in [0.717, 1.165) is 5.56 Å². The highest BCUT2D eigenvalue weighted by Gasteiger charge is 2.16. The summed E-state index contributed by atoms with van der Waals surface area (Å²) in [5, 5.41) is 0.177. The van der Waals surface area contributed by atoms with Crippen LogP contribution in [0.5, 0.6) is 0 Å². The second kappa shape index (κ2) is 8.10. The molecule has 0 aliphatic heterocycles. The highest BCUT2D eigenvalue weighted by Crippen LogP contribution is 2.14. The molecule has 0 atom stereocenters. The molecule has 0 spiro atoms. The second-order valence-electron chi connectivity index (χ2n) is 4.93. The summed E-state index contributed by atoms with van der Waals surface area (Å²) in [7, 11) is -3.75. The summed E-state index contributed by atoms with van der Waals surface area (Å²) in [6, 6.07) is 14.7. The van der Waals surface area contributed by atoms with E-state index >= 15 is 0 Å². The Bertz CT molecular complexity index is 835. The van der Waals surface area contributed by atoms with Crippen molar-refractivity contribution in [3.8, 4) is 0 Å². The van der Waals surface area contributed by atoms with Crippen LogP contribution in [0.2, 0.25) is 0 Å². The molecule has 2 aromatic carbocycles. The zero-order valence-corrected chi connectivity index (χ0v) is 14.3. The first-order valence-electron chi connectivity index (χ1n) is 7.02. The summed E-state index contributed by atoms with van der Waals surface area (Å²) in [4.78, 5) is 11.9. The van der Waals surface area contributed by atoms with Gasteiger partial charge in [-0.25, -0.2) is 17.9 Å². The van der Waals surface area contributed by atoms with Crippen molar-refractivity contribution in [1.29, 1.82) is 0 Å². The van der Waals surface area contributed by atoms with Gasteiger partial charge in [-0.1, -0.05) is 54.6 Å². The first-order chi connectivity index (χ1) is 11.4. The fraction of sp³-hybridized carbons (Fsp3) is 0.118. The first kappa shape index (κ1) is 18.2. The summed E-state index contributed by atoms with van der Waals surface area (Å²) in [6.07, 6.45) is 0. The van der Waals surface area contributed by atoms with Crippen LogP contribution in [0, 0.1) is 0 Å². The third kappa shape index (κ3) is 5.19. The fourth-order valence-electron chi connectivity index (χ4n) is 1.87. The lowest BCUT2D eigenvalue weighted by Gasteiger charge is -2.09. The van der Waals surface area contributed by atoms with E-state index in [1.165, 1.54) is 24.3 Å². The van der Waals surface area contributed by atoms with Crippen LogP contribution in [0.3, 0.4) is 0 Å². The maximum absolute atomic E-state index is 12.3. The quantitative estimate of drug-likeness (QED) is 0.765. The van der Waals surface area contributed by atoms with Crippen molar-refractivity contribution in [3.05, 3.63) is 77.3 Å². The number of benzene rings is 2. The van der Waals surface area contributed by atoms with Gasteiger partial charge in [-0.05, 0) is 23.8 Å². The number of sulfonamides is 1. The maximum atomic E-state index is 12.3. The van der Waals surface area contributed by atoms with Gasteiger partial charge in [0, 0.05) is 11.6 Å². The lowest BCUT2D eigenvalue weighted by atomic mass is 10.2. The van der Waals surface area contributed by atoms with E-state index in [0.29, 0.717) is 0 Å². The number of halogens is 1. The molecule has 5 nitrogen and oxygen atoms in total. The molecule has 0 heterocycles. The third-order valence-electron chi connectivity index (χ3n) is 3.05. The van der Waals surface area contributed by atoms with Crippen molar-refractivity contribution in [1.82, 2.24) is 4.72 Å². The summed E-state index contributed by atoms with van der Waals surface area (Å²) in [6.45, 7) is 3.43. The Morgan fingerprint density at radius 2 is 1.83 bits per heavy atom. The van der Waals surface area contributed by atoms with E-state index in [-0.39, 0.29) is 28.6 Å². The zero-order chi connectivity index (χ0) is 17.6. The maximum Gasteiger partial charge on any atom is 0.338 e. The van der Waals surface area contributed by atoms with Gasteiger partial charge in [0.1, 0.15) is 6.61 Å². The average molecular weight is 366 g/mol. The molecule has 1 N–H and O–H groups in total. The van der Waals surface area contributed by atoms with Crippen LogP contribution < -0.4 is 4.72 Å². The SMILES string of the molecule is C=C(Cl)COC(=O)c1cccc(S(=O)(=O)NCc2ccccc2)c1. The fourth-order valence-corrected chi connectivity index (χ4v) is 2.99. The van der Waals surface area contributed by atoms with Crippen molar-refractivity contribution in [2.45, 2.75) is 11.4 Å². The summed E-state index contributed by atoms with van der Waals surface area (Å²) in [5.74, 6) is -0.670. The molecule has 0 bridgehead atoms. The molecule has 0 radical (unpaired) electrons. The predicted molar refractivity (Wildman–Crippen MR) is 92.2 cm³/mol. The molecule has 0 aromatic heterocycles. The molecule has 2 aromatic rings. The second-order valence-corrected chi connectivity index (χ2v) is 7.23. The Morgan fingerprint density at radius 3 is 2.50 bits per heavy atom. The molecule has 0 aliphatic carbocycles. The van der Waals surface area contributed by atoms with Crippen molar-refractivity contribution in [2.24, 2.45) is 0 Å². The topological polar surface area (TPSA) is 72.5 Å². The van der Waals surface area contributed by atoms with Gasteiger partial charge in [-0.15, -0.1) is 0 Å². The number of carbonyl (C=O) groups excluding carboxylic acids is 1. The Kier molecular flexibility index (Phi) is 6.14. The van der Waals surface area contributed by atoms with Gasteiger partial charge in [-0.3, -0.25) is 0 Å². The van der Waals surface area contributed by atoms with Crippen LogP contribution in [-0.4, -0.2) is 21.0 Å². The van der Waals surface area contributed by atoms with E-state index in [4.69, 9.17) is 16.3 Å². The minimum atomic E-state index is -3.75. The lowest BCUT2D eigenvalue weighted by molar-refractivity contribution is 0.0546.